The predicted molar refractivity (Wildman–Crippen MR) is 62.2 cm³/mol. The topological polar surface area (TPSA) is 20.2 Å². The van der Waals surface area contributed by atoms with Gasteiger partial charge in [0.1, 0.15) is 0 Å². The van der Waals surface area contributed by atoms with Crippen LogP contribution in [0, 0.1) is 0 Å². The van der Waals surface area contributed by atoms with Crippen LogP contribution < -0.4 is 0 Å². The fourth-order valence-electron chi connectivity index (χ4n) is 1.37. The van der Waals surface area contributed by atoms with Crippen molar-refractivity contribution < 1.29 is 5.11 Å². The first-order valence-electron chi connectivity index (χ1n) is 4.61. The van der Waals surface area contributed by atoms with E-state index in [0.29, 0.717) is 12.8 Å². The van der Waals surface area contributed by atoms with Crippen LogP contribution in [0.15, 0.2) is 25.3 Å². The van der Waals surface area contributed by atoms with Crippen LogP contribution in [-0.2, 0) is 0 Å². The van der Waals surface area contributed by atoms with Gasteiger partial charge in [-0.2, -0.15) is 11.8 Å². The maximum Gasteiger partial charge on any atom is 0.0716 e. The van der Waals surface area contributed by atoms with E-state index < -0.39 is 5.60 Å². The third-order valence-electron chi connectivity index (χ3n) is 2.04. The van der Waals surface area contributed by atoms with Crippen LogP contribution in [0.25, 0.3) is 0 Å². The third kappa shape index (κ3) is 5.94. The van der Waals surface area contributed by atoms with Gasteiger partial charge in [-0.15, -0.1) is 13.2 Å². The van der Waals surface area contributed by atoms with Crippen LogP contribution in [0.5, 0.6) is 0 Å². The number of hydrogen-bond acceptors (Lipinski definition) is 2. The quantitative estimate of drug-likeness (QED) is 0.480. The Balaban J connectivity index is 3.90. The largest absolute Gasteiger partial charge is 0.389 e. The summed E-state index contributed by atoms with van der Waals surface area (Å²) in [4.78, 5) is 0. The van der Waals surface area contributed by atoms with E-state index in [-0.39, 0.29) is 0 Å². The monoisotopic (exact) mass is 200 g/mol. The first kappa shape index (κ1) is 12.8. The van der Waals surface area contributed by atoms with Gasteiger partial charge >= 0.3 is 0 Å². The maximum absolute atomic E-state index is 10.1. The second-order valence-electron chi connectivity index (χ2n) is 3.31. The van der Waals surface area contributed by atoms with Gasteiger partial charge in [0.05, 0.1) is 5.60 Å². The van der Waals surface area contributed by atoms with Crippen LogP contribution in [0.4, 0.5) is 0 Å². The Morgan fingerprint density at radius 3 is 2.23 bits per heavy atom. The Bertz CT molecular complexity index is 144. The summed E-state index contributed by atoms with van der Waals surface area (Å²) in [6.07, 6.45) is 8.86. The molecule has 0 aliphatic heterocycles. The first-order valence-corrected chi connectivity index (χ1v) is 6.01. The van der Waals surface area contributed by atoms with Crippen molar-refractivity contribution in [1.29, 1.82) is 0 Å². The number of hydrogen-bond donors (Lipinski definition) is 1. The Labute approximate surface area is 85.9 Å². The summed E-state index contributed by atoms with van der Waals surface area (Å²) >= 11 is 1.82. The molecule has 0 saturated heterocycles. The molecule has 0 radical (unpaired) electrons. The van der Waals surface area contributed by atoms with E-state index in [4.69, 9.17) is 0 Å². The minimum absolute atomic E-state index is 0.598. The molecular weight excluding hydrogens is 180 g/mol. The Kier molecular flexibility index (Phi) is 7.10. The molecule has 13 heavy (non-hydrogen) atoms. The lowest BCUT2D eigenvalue weighted by Crippen LogP contribution is -2.27. The highest BCUT2D eigenvalue weighted by atomic mass is 32.2. The van der Waals surface area contributed by atoms with E-state index in [1.807, 2.05) is 11.8 Å². The molecule has 0 saturated carbocycles. The van der Waals surface area contributed by atoms with Crippen molar-refractivity contribution in [3.8, 4) is 0 Å². The van der Waals surface area contributed by atoms with Crippen LogP contribution in [0.1, 0.15) is 25.7 Å². The van der Waals surface area contributed by atoms with E-state index >= 15 is 0 Å². The van der Waals surface area contributed by atoms with Crippen LogP contribution in [-0.4, -0.2) is 22.7 Å². The number of aliphatic hydroxyl groups is 1. The Hall–Kier alpha value is -0.210. The minimum atomic E-state index is -0.598. The van der Waals surface area contributed by atoms with Gasteiger partial charge in [0.2, 0.25) is 0 Å². The molecule has 0 rings (SSSR count). The zero-order valence-corrected chi connectivity index (χ0v) is 9.28. The average molecular weight is 200 g/mol. The molecule has 76 valence electrons. The first-order chi connectivity index (χ1) is 6.18. The molecule has 0 aromatic carbocycles. The molecule has 1 N–H and O–H groups in total. The lowest BCUT2D eigenvalue weighted by atomic mass is 9.91. The Morgan fingerprint density at radius 2 is 1.85 bits per heavy atom. The summed E-state index contributed by atoms with van der Waals surface area (Å²) in [5, 5.41) is 10.1. The molecule has 0 spiro atoms. The molecule has 0 aliphatic carbocycles. The third-order valence-corrected chi connectivity index (χ3v) is 2.74. The normalized spacial score (nSPS) is 11.2. The van der Waals surface area contributed by atoms with Crippen molar-refractivity contribution in [3.05, 3.63) is 25.3 Å². The van der Waals surface area contributed by atoms with Gasteiger partial charge < -0.3 is 5.11 Å². The molecule has 0 heterocycles. The number of thioether (sulfide) groups is 1. The fraction of sp³-hybridized carbons (Fsp3) is 0.636. The van der Waals surface area contributed by atoms with Gasteiger partial charge in [-0.3, -0.25) is 0 Å². The second kappa shape index (κ2) is 7.22. The van der Waals surface area contributed by atoms with Crippen molar-refractivity contribution in [2.24, 2.45) is 0 Å². The number of rotatable bonds is 8. The van der Waals surface area contributed by atoms with E-state index in [1.54, 1.807) is 12.2 Å². The standard InChI is InChI=1S/C11H20OS/c1-4-7-11(12,8-5-2)9-6-10-13-3/h4-5,12H,1-2,6-10H2,3H3. The predicted octanol–water partition coefficient (Wildman–Crippen LogP) is 3.01. The van der Waals surface area contributed by atoms with Gasteiger partial charge in [0.25, 0.3) is 0 Å². The van der Waals surface area contributed by atoms with Crippen LogP contribution in [0.2, 0.25) is 0 Å². The molecule has 0 bridgehead atoms. The summed E-state index contributed by atoms with van der Waals surface area (Å²) in [6, 6.07) is 0. The molecule has 0 aliphatic rings. The molecule has 0 aromatic rings. The summed E-state index contributed by atoms with van der Waals surface area (Å²) in [5.41, 5.74) is -0.598. The highest BCUT2D eigenvalue weighted by molar-refractivity contribution is 7.98. The van der Waals surface area contributed by atoms with E-state index in [1.165, 1.54) is 0 Å². The lowest BCUT2D eigenvalue weighted by Gasteiger charge is -2.25. The summed E-state index contributed by atoms with van der Waals surface area (Å²) < 4.78 is 0. The SMILES string of the molecule is C=CCC(O)(CC=C)CCCSC. The van der Waals surface area contributed by atoms with Crippen molar-refractivity contribution in [2.45, 2.75) is 31.3 Å². The molecule has 0 atom stereocenters. The smallest absolute Gasteiger partial charge is 0.0716 e. The highest BCUT2D eigenvalue weighted by Crippen LogP contribution is 2.23. The van der Waals surface area contributed by atoms with Gasteiger partial charge in [-0.25, -0.2) is 0 Å². The summed E-state index contributed by atoms with van der Waals surface area (Å²) in [7, 11) is 0. The van der Waals surface area contributed by atoms with Crippen LogP contribution >= 0.6 is 11.8 Å². The van der Waals surface area contributed by atoms with Gasteiger partial charge in [-0.05, 0) is 37.7 Å². The van der Waals surface area contributed by atoms with Crippen molar-refractivity contribution in [1.82, 2.24) is 0 Å². The molecule has 0 fully saturated rings. The van der Waals surface area contributed by atoms with Crippen molar-refractivity contribution >= 4 is 11.8 Å². The molecule has 0 unspecified atom stereocenters. The second-order valence-corrected chi connectivity index (χ2v) is 4.29. The summed E-state index contributed by atoms with van der Waals surface area (Å²) in [5.74, 6) is 1.11. The lowest BCUT2D eigenvalue weighted by molar-refractivity contribution is 0.0370. The van der Waals surface area contributed by atoms with E-state index in [0.717, 1.165) is 18.6 Å². The summed E-state index contributed by atoms with van der Waals surface area (Å²) in [6.45, 7) is 7.31. The molecule has 2 heteroatoms. The Morgan fingerprint density at radius 1 is 1.31 bits per heavy atom. The zero-order chi connectivity index (χ0) is 10.2. The van der Waals surface area contributed by atoms with Gasteiger partial charge in [0.15, 0.2) is 0 Å². The average Bonchev–Trinajstić information content (AvgIpc) is 2.05. The molecule has 0 amide bonds. The minimum Gasteiger partial charge on any atom is -0.389 e. The van der Waals surface area contributed by atoms with Crippen molar-refractivity contribution in [3.63, 3.8) is 0 Å². The maximum atomic E-state index is 10.1. The van der Waals surface area contributed by atoms with E-state index in [9.17, 15) is 5.11 Å². The van der Waals surface area contributed by atoms with Crippen molar-refractivity contribution in [2.75, 3.05) is 12.0 Å². The highest BCUT2D eigenvalue weighted by Gasteiger charge is 2.22. The fourth-order valence-corrected chi connectivity index (χ4v) is 1.80. The molecule has 0 aromatic heterocycles. The van der Waals surface area contributed by atoms with Gasteiger partial charge in [-0.1, -0.05) is 12.2 Å². The van der Waals surface area contributed by atoms with Crippen LogP contribution in [0.3, 0.4) is 0 Å². The zero-order valence-electron chi connectivity index (χ0n) is 8.46. The van der Waals surface area contributed by atoms with E-state index in [2.05, 4.69) is 19.4 Å². The van der Waals surface area contributed by atoms with Gasteiger partial charge in [0, 0.05) is 0 Å². The molecule has 1 nitrogen and oxygen atoms in total. The molecular formula is C11H20OS.